The quantitative estimate of drug-likeness (QED) is 0.0320. The van der Waals surface area contributed by atoms with Gasteiger partial charge in [0.1, 0.15) is 36.3 Å². The highest BCUT2D eigenvalue weighted by atomic mass is 16.7. The molecule has 6 aromatic carbocycles. The van der Waals surface area contributed by atoms with E-state index in [1.807, 2.05) is 171 Å². The van der Waals surface area contributed by atoms with Gasteiger partial charge in [-0.3, -0.25) is 9.59 Å². The molecular weight excluding hydrogens is 1010 g/mol. The highest BCUT2D eigenvalue weighted by Crippen LogP contribution is 2.32. The lowest BCUT2D eigenvalue weighted by molar-refractivity contribution is -0.330. The van der Waals surface area contributed by atoms with Gasteiger partial charge < -0.3 is 53.6 Å². The minimum absolute atomic E-state index is 0.0781. The van der Waals surface area contributed by atoms with Crippen LogP contribution in [0.2, 0.25) is 0 Å². The molecule has 0 bridgehead atoms. The Morgan fingerprint density at radius 3 is 1.57 bits per heavy atom. The average molecular weight is 1090 g/mol. The topological polar surface area (TPSA) is 152 Å². The SMILES string of the molecule is CC[C@@H](O)[C@@H](OCc1ccccc1)[C@H](CO[C@H]1OC(COCc2ccccc2)[C@H](OCc2ccccc2)C(OCc2ccccc2)C1OCc1ccccc1)NC(=O)CCCCCCCCCCCNC(=O)c1cccc(OC)c1. The summed E-state index contributed by atoms with van der Waals surface area (Å²) in [5.74, 6) is 0.427. The standard InChI is InChI=1S/C67H84N2O11/c1-3-59(70)62(75-45-52-31-18-12-19-32-52)58(69-61(71)41-26-9-7-5-4-6-8-10-27-42-68-66(72)56-39-28-40-57(43-56)73-2)49-79-67-65(78-48-55-37-24-15-25-38-55)64(77-47-54-35-22-14-23-36-54)63(76-46-53-33-20-13-21-34-53)60(80-67)50-74-44-51-29-16-11-17-30-51/h11-25,28-40,43,58-60,62-65,67,70H,3-10,26-27,41-42,44-50H2,1-2H3,(H,68,72)(H,69,71)/t58-,59+,60?,62-,63-,64?,65?,67-/m0/s1. The number of nitrogens with one attached hydrogen (secondary N) is 2. The summed E-state index contributed by atoms with van der Waals surface area (Å²) in [6.45, 7) is 3.95. The van der Waals surface area contributed by atoms with Gasteiger partial charge in [-0.1, -0.05) is 210 Å². The number of rotatable bonds is 37. The van der Waals surface area contributed by atoms with Crippen molar-refractivity contribution >= 4 is 11.8 Å². The molecule has 6 aromatic rings. The summed E-state index contributed by atoms with van der Waals surface area (Å²) in [4.78, 5) is 26.6. The molecule has 2 amide bonds. The molecular formula is C67H84N2O11. The van der Waals surface area contributed by atoms with Crippen LogP contribution < -0.4 is 15.4 Å². The maximum atomic E-state index is 14.1. The Kier molecular flexibility index (Phi) is 27.2. The monoisotopic (exact) mass is 1090 g/mol. The molecule has 0 aromatic heterocycles. The van der Waals surface area contributed by atoms with Gasteiger partial charge in [0.05, 0.1) is 65.5 Å². The molecule has 1 heterocycles. The fourth-order valence-corrected chi connectivity index (χ4v) is 9.79. The second-order valence-corrected chi connectivity index (χ2v) is 20.5. The zero-order valence-electron chi connectivity index (χ0n) is 46.8. The average Bonchev–Trinajstić information content (AvgIpc) is 3.55. The van der Waals surface area contributed by atoms with Crippen LogP contribution in [0.1, 0.15) is 116 Å². The van der Waals surface area contributed by atoms with Crippen molar-refractivity contribution in [3.63, 3.8) is 0 Å². The first-order chi connectivity index (χ1) is 39.4. The molecule has 13 nitrogen and oxygen atoms in total. The number of ether oxygens (including phenoxy) is 8. The smallest absolute Gasteiger partial charge is 0.251 e. The maximum absolute atomic E-state index is 14.1. The van der Waals surface area contributed by atoms with Crippen LogP contribution >= 0.6 is 0 Å². The molecule has 3 N–H and O–H groups in total. The first kappa shape index (κ1) is 61.4. The number of carbonyl (C=O) groups excluding carboxylic acids is 2. The molecule has 13 heteroatoms. The number of carbonyl (C=O) groups is 2. The van der Waals surface area contributed by atoms with Gasteiger partial charge in [-0.25, -0.2) is 0 Å². The number of unbranched alkanes of at least 4 members (excludes halogenated alkanes) is 8. The van der Waals surface area contributed by atoms with Crippen molar-refractivity contribution in [2.75, 3.05) is 26.9 Å². The molecule has 80 heavy (non-hydrogen) atoms. The lowest BCUT2D eigenvalue weighted by atomic mass is 9.97. The van der Waals surface area contributed by atoms with E-state index in [2.05, 4.69) is 10.6 Å². The van der Waals surface area contributed by atoms with Crippen molar-refractivity contribution in [2.24, 2.45) is 0 Å². The van der Waals surface area contributed by atoms with E-state index in [0.29, 0.717) is 37.3 Å². The number of aliphatic hydroxyl groups is 1. The van der Waals surface area contributed by atoms with E-state index in [0.717, 1.165) is 85.6 Å². The van der Waals surface area contributed by atoms with Crippen LogP contribution in [0.15, 0.2) is 176 Å². The fourth-order valence-electron chi connectivity index (χ4n) is 9.79. The normalized spacial score (nSPS) is 18.2. The Balaban J connectivity index is 1.03. The van der Waals surface area contributed by atoms with E-state index < -0.39 is 49.0 Å². The summed E-state index contributed by atoms with van der Waals surface area (Å²) in [5.41, 5.74) is 5.47. The maximum Gasteiger partial charge on any atom is 0.251 e. The van der Waals surface area contributed by atoms with Crippen LogP contribution in [-0.2, 0) is 71.0 Å². The summed E-state index contributed by atoms with van der Waals surface area (Å²) in [5, 5.41) is 18.0. The Bertz CT molecular complexity index is 2600. The van der Waals surface area contributed by atoms with Crippen LogP contribution in [0.25, 0.3) is 0 Å². The van der Waals surface area contributed by atoms with Gasteiger partial charge in [-0.15, -0.1) is 0 Å². The molecule has 1 fully saturated rings. The number of aliphatic hydroxyl groups excluding tert-OH is 1. The van der Waals surface area contributed by atoms with Gasteiger partial charge in [-0.2, -0.15) is 0 Å². The molecule has 3 unspecified atom stereocenters. The lowest BCUT2D eigenvalue weighted by Gasteiger charge is -2.46. The van der Waals surface area contributed by atoms with E-state index in [1.165, 1.54) is 0 Å². The van der Waals surface area contributed by atoms with Crippen LogP contribution in [0.4, 0.5) is 0 Å². The van der Waals surface area contributed by atoms with Crippen molar-refractivity contribution in [2.45, 2.75) is 160 Å². The van der Waals surface area contributed by atoms with Gasteiger partial charge in [0.15, 0.2) is 6.29 Å². The first-order valence-corrected chi connectivity index (χ1v) is 28.8. The zero-order valence-corrected chi connectivity index (χ0v) is 46.8. The van der Waals surface area contributed by atoms with Crippen molar-refractivity contribution in [1.29, 1.82) is 0 Å². The Morgan fingerprint density at radius 1 is 0.550 bits per heavy atom. The van der Waals surface area contributed by atoms with Crippen molar-refractivity contribution in [3.05, 3.63) is 209 Å². The minimum Gasteiger partial charge on any atom is -0.497 e. The van der Waals surface area contributed by atoms with E-state index in [1.54, 1.807) is 19.2 Å². The van der Waals surface area contributed by atoms with Gasteiger partial charge in [0.2, 0.25) is 5.91 Å². The Morgan fingerprint density at radius 2 is 1.04 bits per heavy atom. The number of methoxy groups -OCH3 is 1. The van der Waals surface area contributed by atoms with Crippen LogP contribution in [0.3, 0.4) is 0 Å². The van der Waals surface area contributed by atoms with Gasteiger partial charge in [-0.05, 0) is 65.3 Å². The van der Waals surface area contributed by atoms with Crippen molar-refractivity contribution in [3.8, 4) is 5.75 Å². The third kappa shape index (κ3) is 21.3. The van der Waals surface area contributed by atoms with Gasteiger partial charge >= 0.3 is 0 Å². The van der Waals surface area contributed by atoms with E-state index in [-0.39, 0.29) is 51.5 Å². The second-order valence-electron chi connectivity index (χ2n) is 20.5. The number of benzene rings is 6. The minimum atomic E-state index is -1.04. The predicted octanol–water partition coefficient (Wildman–Crippen LogP) is 11.9. The molecule has 0 aliphatic carbocycles. The molecule has 0 saturated carbocycles. The van der Waals surface area contributed by atoms with Crippen molar-refractivity contribution < 1.29 is 52.6 Å². The third-order valence-corrected chi connectivity index (χ3v) is 14.3. The van der Waals surface area contributed by atoms with Gasteiger partial charge in [0.25, 0.3) is 5.91 Å². The Hall–Kier alpha value is -6.26. The van der Waals surface area contributed by atoms with E-state index >= 15 is 0 Å². The molecule has 428 valence electrons. The lowest BCUT2D eigenvalue weighted by Crippen LogP contribution is -2.62. The molecule has 1 aliphatic heterocycles. The first-order valence-electron chi connectivity index (χ1n) is 28.8. The van der Waals surface area contributed by atoms with Crippen molar-refractivity contribution in [1.82, 2.24) is 10.6 Å². The number of amides is 2. The number of hydrogen-bond acceptors (Lipinski definition) is 11. The summed E-state index contributed by atoms with van der Waals surface area (Å²) in [6.07, 6.45) is 4.04. The molecule has 0 spiro atoms. The van der Waals surface area contributed by atoms with Gasteiger partial charge in [0, 0.05) is 18.5 Å². The highest BCUT2D eigenvalue weighted by Gasteiger charge is 2.49. The predicted molar refractivity (Wildman–Crippen MR) is 311 cm³/mol. The molecule has 1 aliphatic rings. The Labute approximate surface area is 474 Å². The molecule has 7 rings (SSSR count). The molecule has 0 radical (unpaired) electrons. The highest BCUT2D eigenvalue weighted by molar-refractivity contribution is 5.94. The number of hydrogen-bond donors (Lipinski definition) is 3. The van der Waals surface area contributed by atoms with Crippen LogP contribution in [-0.4, -0.2) is 92.7 Å². The van der Waals surface area contributed by atoms with Crippen LogP contribution in [0, 0.1) is 0 Å². The largest absolute Gasteiger partial charge is 0.497 e. The summed E-state index contributed by atoms with van der Waals surface area (Å²) < 4.78 is 53.0. The second kappa shape index (κ2) is 35.5. The summed E-state index contributed by atoms with van der Waals surface area (Å²) in [6, 6.07) is 56.1. The van der Waals surface area contributed by atoms with E-state index in [4.69, 9.17) is 37.9 Å². The van der Waals surface area contributed by atoms with Crippen LogP contribution in [0.5, 0.6) is 5.75 Å². The summed E-state index contributed by atoms with van der Waals surface area (Å²) >= 11 is 0. The third-order valence-electron chi connectivity index (χ3n) is 14.3. The molecule has 1 saturated heterocycles. The molecule has 8 atom stereocenters. The summed E-state index contributed by atoms with van der Waals surface area (Å²) in [7, 11) is 1.59. The van der Waals surface area contributed by atoms with E-state index in [9.17, 15) is 14.7 Å². The zero-order chi connectivity index (χ0) is 55.8. The fraction of sp³-hybridized carbons (Fsp3) is 0.433.